The van der Waals surface area contributed by atoms with Crippen LogP contribution >= 0.6 is 11.8 Å². The first-order chi connectivity index (χ1) is 10.8. The number of aliphatic hydroxyl groups excluding tert-OH is 1. The highest BCUT2D eigenvalue weighted by molar-refractivity contribution is 8.04. The minimum Gasteiger partial charge on any atom is -0.512 e. The first-order valence-corrected chi connectivity index (χ1v) is 9.31. The average molecular weight is 333 g/mol. The maximum Gasteiger partial charge on any atom is 0.0934 e. The highest BCUT2D eigenvalue weighted by Crippen LogP contribution is 2.60. The van der Waals surface area contributed by atoms with Crippen LogP contribution in [0.25, 0.3) is 0 Å². The lowest BCUT2D eigenvalue weighted by atomic mass is 9.67. The summed E-state index contributed by atoms with van der Waals surface area (Å²) in [7, 11) is 1.77. The van der Waals surface area contributed by atoms with E-state index >= 15 is 0 Å². The summed E-state index contributed by atoms with van der Waals surface area (Å²) in [5.74, 6) is 0.345. The highest BCUT2D eigenvalue weighted by atomic mass is 32.2. The number of aliphatic hydroxyl groups is 1. The zero-order valence-corrected chi connectivity index (χ0v) is 15.5. The molecule has 126 valence electrons. The molecule has 0 bridgehead atoms. The van der Waals surface area contributed by atoms with E-state index in [-0.39, 0.29) is 22.7 Å². The van der Waals surface area contributed by atoms with Gasteiger partial charge in [0.25, 0.3) is 0 Å². The van der Waals surface area contributed by atoms with Crippen molar-refractivity contribution in [1.82, 2.24) is 0 Å². The van der Waals surface area contributed by atoms with E-state index in [4.69, 9.17) is 4.74 Å². The fourth-order valence-electron chi connectivity index (χ4n) is 4.32. The monoisotopic (exact) mass is 332 g/mol. The molecule has 3 rings (SSSR count). The van der Waals surface area contributed by atoms with Crippen molar-refractivity contribution in [3.05, 3.63) is 47.1 Å². The number of thioether (sulfide) groups is 1. The molecule has 0 saturated carbocycles. The van der Waals surface area contributed by atoms with Gasteiger partial charge in [0, 0.05) is 17.8 Å². The Morgan fingerprint density at radius 3 is 2.74 bits per heavy atom. The molecular formula is C20H28O2S. The Balaban J connectivity index is 1.97. The Kier molecular flexibility index (Phi) is 4.31. The molecule has 0 radical (unpaired) electrons. The molecule has 2 nitrogen and oxygen atoms in total. The van der Waals surface area contributed by atoms with Crippen LogP contribution < -0.4 is 0 Å². The molecule has 1 aliphatic heterocycles. The molecule has 23 heavy (non-hydrogen) atoms. The van der Waals surface area contributed by atoms with Crippen LogP contribution in [0.2, 0.25) is 0 Å². The Hall–Kier alpha value is -0.930. The summed E-state index contributed by atoms with van der Waals surface area (Å²) in [6, 6.07) is 0. The van der Waals surface area contributed by atoms with E-state index in [0.29, 0.717) is 11.2 Å². The second kappa shape index (κ2) is 5.86. The van der Waals surface area contributed by atoms with E-state index in [9.17, 15) is 5.11 Å². The minimum atomic E-state index is -0.147. The van der Waals surface area contributed by atoms with Crippen LogP contribution in [0.1, 0.15) is 40.0 Å². The number of hydrogen-bond acceptors (Lipinski definition) is 3. The summed E-state index contributed by atoms with van der Waals surface area (Å²) < 4.78 is 5.76. The van der Waals surface area contributed by atoms with E-state index in [1.54, 1.807) is 7.11 Å². The van der Waals surface area contributed by atoms with Gasteiger partial charge >= 0.3 is 0 Å². The second-order valence-electron chi connectivity index (χ2n) is 8.06. The quantitative estimate of drug-likeness (QED) is 0.702. The van der Waals surface area contributed by atoms with Crippen LogP contribution in [0.4, 0.5) is 0 Å². The molecule has 3 heteroatoms. The summed E-state index contributed by atoms with van der Waals surface area (Å²) in [4.78, 5) is 1.48. The first kappa shape index (κ1) is 16.9. The van der Waals surface area contributed by atoms with Crippen LogP contribution in [-0.2, 0) is 4.74 Å². The largest absolute Gasteiger partial charge is 0.512 e. The summed E-state index contributed by atoms with van der Waals surface area (Å²) in [5, 5.41) is 10.7. The molecule has 0 aromatic carbocycles. The van der Waals surface area contributed by atoms with Gasteiger partial charge in [0.05, 0.1) is 17.8 Å². The van der Waals surface area contributed by atoms with E-state index < -0.39 is 0 Å². The Bertz CT molecular complexity index is 599. The van der Waals surface area contributed by atoms with Crippen molar-refractivity contribution in [3.63, 3.8) is 0 Å². The maximum atomic E-state index is 10.4. The normalized spacial score (nSPS) is 38.7. The fourth-order valence-corrected chi connectivity index (χ4v) is 6.12. The zero-order chi connectivity index (χ0) is 16.8. The Morgan fingerprint density at radius 1 is 1.35 bits per heavy atom. The zero-order valence-electron chi connectivity index (χ0n) is 14.6. The third-order valence-corrected chi connectivity index (χ3v) is 7.48. The summed E-state index contributed by atoms with van der Waals surface area (Å²) in [5.41, 5.74) is 1.58. The van der Waals surface area contributed by atoms with Crippen molar-refractivity contribution in [2.24, 2.45) is 16.7 Å². The predicted octanol–water partition coefficient (Wildman–Crippen LogP) is 5.40. The van der Waals surface area contributed by atoms with Gasteiger partial charge in [-0.1, -0.05) is 51.7 Å². The van der Waals surface area contributed by atoms with Crippen LogP contribution in [0.5, 0.6) is 0 Å². The highest BCUT2D eigenvalue weighted by Gasteiger charge is 2.51. The summed E-state index contributed by atoms with van der Waals surface area (Å²) >= 11 is 1.95. The molecule has 2 aliphatic carbocycles. The summed E-state index contributed by atoms with van der Waals surface area (Å²) in [6.45, 7) is 10.8. The van der Waals surface area contributed by atoms with Gasteiger partial charge in [0.1, 0.15) is 0 Å². The van der Waals surface area contributed by atoms with E-state index in [0.717, 1.165) is 12.8 Å². The number of ether oxygens (including phenoxy) is 1. The van der Waals surface area contributed by atoms with Crippen LogP contribution in [-0.4, -0.2) is 23.6 Å². The van der Waals surface area contributed by atoms with E-state index in [1.807, 2.05) is 11.8 Å². The van der Waals surface area contributed by atoms with E-state index in [1.165, 1.54) is 16.9 Å². The Morgan fingerprint density at radius 2 is 2.09 bits per heavy atom. The van der Waals surface area contributed by atoms with Crippen molar-refractivity contribution < 1.29 is 9.84 Å². The molecule has 0 spiro atoms. The van der Waals surface area contributed by atoms with Gasteiger partial charge in [-0.3, -0.25) is 0 Å². The number of methoxy groups -OCH3 is 1. The minimum absolute atomic E-state index is 0.0289. The van der Waals surface area contributed by atoms with Crippen molar-refractivity contribution in [2.75, 3.05) is 7.11 Å². The van der Waals surface area contributed by atoms with Gasteiger partial charge < -0.3 is 9.84 Å². The predicted molar refractivity (Wildman–Crippen MR) is 98.5 cm³/mol. The average Bonchev–Trinajstić information content (AvgIpc) is 2.85. The van der Waals surface area contributed by atoms with Crippen molar-refractivity contribution in [3.8, 4) is 0 Å². The standard InChI is InChI=1S/C20H28O2S/c1-13(21)17-14-12-19(2,3)11-9-15(14)23-18(17)20(4)10-7-6-8-16(20)22-5/h6-8,10,16-18,21H,1,9,11-12H2,2-5H3. The lowest BCUT2D eigenvalue weighted by Gasteiger charge is -2.42. The van der Waals surface area contributed by atoms with Gasteiger partial charge in [-0.05, 0) is 35.2 Å². The molecule has 0 aromatic rings. The van der Waals surface area contributed by atoms with Gasteiger partial charge in [-0.25, -0.2) is 0 Å². The van der Waals surface area contributed by atoms with Gasteiger partial charge in [0.2, 0.25) is 0 Å². The lowest BCUT2D eigenvalue weighted by Crippen LogP contribution is -2.44. The molecule has 3 aliphatic rings. The number of allylic oxidation sites excluding steroid dienone is 4. The molecule has 0 saturated heterocycles. The molecule has 0 amide bonds. The number of rotatable bonds is 3. The molecule has 4 unspecified atom stereocenters. The molecule has 1 N–H and O–H groups in total. The maximum absolute atomic E-state index is 10.4. The van der Waals surface area contributed by atoms with Crippen LogP contribution in [0.3, 0.4) is 0 Å². The van der Waals surface area contributed by atoms with Crippen LogP contribution in [0.15, 0.2) is 47.1 Å². The van der Waals surface area contributed by atoms with Crippen molar-refractivity contribution >= 4 is 11.8 Å². The fraction of sp³-hybridized carbons (Fsp3) is 0.600. The summed E-state index contributed by atoms with van der Waals surface area (Å²) in [6.07, 6.45) is 12.0. The topological polar surface area (TPSA) is 29.5 Å². The number of hydrogen-bond donors (Lipinski definition) is 1. The van der Waals surface area contributed by atoms with Crippen molar-refractivity contribution in [2.45, 2.75) is 51.4 Å². The molecule has 1 heterocycles. The molecular weight excluding hydrogens is 304 g/mol. The van der Waals surface area contributed by atoms with Gasteiger partial charge in [-0.15, -0.1) is 11.8 Å². The molecule has 0 fully saturated rings. The smallest absolute Gasteiger partial charge is 0.0934 e. The van der Waals surface area contributed by atoms with Gasteiger partial charge in [0.15, 0.2) is 0 Å². The van der Waals surface area contributed by atoms with Crippen LogP contribution in [0, 0.1) is 16.7 Å². The van der Waals surface area contributed by atoms with E-state index in [2.05, 4.69) is 51.7 Å². The molecule has 4 atom stereocenters. The SMILES string of the molecule is C=C(O)C1C2=C(CCC(C)(C)C2)SC1C1(C)C=CC=CC1OC. The molecule has 0 aromatic heterocycles. The third-order valence-electron chi connectivity index (χ3n) is 5.69. The van der Waals surface area contributed by atoms with Gasteiger partial charge in [-0.2, -0.15) is 0 Å². The second-order valence-corrected chi connectivity index (χ2v) is 9.30. The van der Waals surface area contributed by atoms with Crippen molar-refractivity contribution in [1.29, 1.82) is 0 Å². The Labute approximate surface area is 144 Å². The lowest BCUT2D eigenvalue weighted by molar-refractivity contribution is 0.0498. The third kappa shape index (κ3) is 2.83. The first-order valence-electron chi connectivity index (χ1n) is 8.44.